The first kappa shape index (κ1) is 16.8. The normalized spacial score (nSPS) is 10.6. The Hall–Kier alpha value is -1.56. The fraction of sp³-hybridized carbons (Fsp3) is 0.278. The first-order chi connectivity index (χ1) is 10.5. The van der Waals surface area contributed by atoms with E-state index in [-0.39, 0.29) is 12.5 Å². The quantitative estimate of drug-likeness (QED) is 0.725. The number of halogens is 1. The lowest BCUT2D eigenvalue weighted by atomic mass is 10.0. The zero-order valence-corrected chi connectivity index (χ0v) is 15.2. The molecule has 0 atom stereocenters. The van der Waals surface area contributed by atoms with Gasteiger partial charge in [-0.1, -0.05) is 26.0 Å². The van der Waals surface area contributed by atoms with E-state index in [4.69, 9.17) is 4.74 Å². The summed E-state index contributed by atoms with van der Waals surface area (Å²) in [6.45, 7) is 6.27. The molecule has 0 saturated heterocycles. The van der Waals surface area contributed by atoms with Gasteiger partial charge in [-0.2, -0.15) is 0 Å². The Kier molecular flexibility index (Phi) is 5.83. The molecule has 0 aromatic heterocycles. The average molecular weight is 409 g/mol. The van der Waals surface area contributed by atoms with Gasteiger partial charge in [0.1, 0.15) is 5.75 Å². The van der Waals surface area contributed by atoms with Crippen LogP contribution >= 0.6 is 22.6 Å². The zero-order valence-electron chi connectivity index (χ0n) is 13.0. The molecule has 2 aromatic carbocycles. The summed E-state index contributed by atoms with van der Waals surface area (Å²) >= 11 is 2.25. The summed E-state index contributed by atoms with van der Waals surface area (Å²) in [5, 5.41) is 2.87. The maximum absolute atomic E-state index is 12.0. The van der Waals surface area contributed by atoms with Crippen LogP contribution in [0.1, 0.15) is 30.9 Å². The molecular weight excluding hydrogens is 389 g/mol. The number of anilines is 1. The van der Waals surface area contributed by atoms with E-state index < -0.39 is 0 Å². The molecule has 0 saturated carbocycles. The van der Waals surface area contributed by atoms with Gasteiger partial charge in [0.05, 0.1) is 0 Å². The summed E-state index contributed by atoms with van der Waals surface area (Å²) in [5.41, 5.74) is 3.12. The van der Waals surface area contributed by atoms with Crippen molar-refractivity contribution in [2.24, 2.45) is 0 Å². The maximum atomic E-state index is 12.0. The molecule has 0 spiro atoms. The Balaban J connectivity index is 1.89. The van der Waals surface area contributed by atoms with Crippen molar-refractivity contribution in [3.05, 3.63) is 57.2 Å². The van der Waals surface area contributed by atoms with Crippen molar-refractivity contribution >= 4 is 34.2 Å². The zero-order chi connectivity index (χ0) is 16.1. The van der Waals surface area contributed by atoms with E-state index in [1.165, 1.54) is 5.56 Å². The minimum absolute atomic E-state index is 0.00640. The molecule has 0 radical (unpaired) electrons. The summed E-state index contributed by atoms with van der Waals surface area (Å²) < 4.78 is 6.67. The molecule has 0 aliphatic carbocycles. The molecular formula is C18H20INO2. The van der Waals surface area contributed by atoms with Crippen LogP contribution in [0.25, 0.3) is 0 Å². The Bertz CT molecular complexity index is 651. The molecule has 1 amide bonds. The summed E-state index contributed by atoms with van der Waals surface area (Å²) in [6, 6.07) is 13.8. The summed E-state index contributed by atoms with van der Waals surface area (Å²) in [5.74, 6) is 1.04. The van der Waals surface area contributed by atoms with Crippen LogP contribution in [0.2, 0.25) is 0 Å². The van der Waals surface area contributed by atoms with Gasteiger partial charge < -0.3 is 10.1 Å². The van der Waals surface area contributed by atoms with Crippen molar-refractivity contribution in [2.45, 2.75) is 26.7 Å². The number of benzene rings is 2. The van der Waals surface area contributed by atoms with Crippen LogP contribution in [0.3, 0.4) is 0 Å². The smallest absolute Gasteiger partial charge is 0.262 e. The van der Waals surface area contributed by atoms with Crippen LogP contribution < -0.4 is 10.1 Å². The number of carbonyl (C=O) groups is 1. The maximum Gasteiger partial charge on any atom is 0.262 e. The van der Waals surface area contributed by atoms with Crippen molar-refractivity contribution in [2.75, 3.05) is 11.9 Å². The monoisotopic (exact) mass is 409 g/mol. The number of amides is 1. The molecule has 2 aromatic rings. The molecule has 2 rings (SSSR count). The molecule has 22 heavy (non-hydrogen) atoms. The van der Waals surface area contributed by atoms with Gasteiger partial charge in [0.25, 0.3) is 5.91 Å². The minimum Gasteiger partial charge on any atom is -0.484 e. The van der Waals surface area contributed by atoms with Crippen LogP contribution in [0, 0.1) is 10.5 Å². The van der Waals surface area contributed by atoms with Gasteiger partial charge in [0.2, 0.25) is 0 Å². The molecule has 0 unspecified atom stereocenters. The van der Waals surface area contributed by atoms with Crippen LogP contribution in [0.15, 0.2) is 42.5 Å². The highest BCUT2D eigenvalue weighted by atomic mass is 127. The fourth-order valence-corrected chi connectivity index (χ4v) is 2.70. The lowest BCUT2D eigenvalue weighted by molar-refractivity contribution is -0.118. The van der Waals surface area contributed by atoms with E-state index in [2.05, 4.69) is 41.8 Å². The second-order valence-corrected chi connectivity index (χ2v) is 6.77. The number of aryl methyl sites for hydroxylation is 1. The second-order valence-electron chi connectivity index (χ2n) is 5.52. The molecule has 0 aliphatic heterocycles. The average Bonchev–Trinajstić information content (AvgIpc) is 2.48. The first-order valence-electron chi connectivity index (χ1n) is 7.24. The number of hydrogen-bond donors (Lipinski definition) is 1. The highest BCUT2D eigenvalue weighted by molar-refractivity contribution is 14.1. The predicted molar refractivity (Wildman–Crippen MR) is 98.6 cm³/mol. The van der Waals surface area contributed by atoms with Gasteiger partial charge in [-0.15, -0.1) is 0 Å². The second kappa shape index (κ2) is 7.63. The summed E-state index contributed by atoms with van der Waals surface area (Å²) in [4.78, 5) is 12.0. The SMILES string of the molecule is Cc1cc(I)ccc1NC(=O)COc1ccc(C(C)C)cc1. The number of rotatable bonds is 5. The van der Waals surface area contributed by atoms with Crippen LogP contribution in [-0.4, -0.2) is 12.5 Å². The van der Waals surface area contributed by atoms with Crippen molar-refractivity contribution in [3.63, 3.8) is 0 Å². The van der Waals surface area contributed by atoms with E-state index in [0.717, 1.165) is 14.8 Å². The number of nitrogens with one attached hydrogen (secondary N) is 1. The molecule has 0 bridgehead atoms. The summed E-state index contributed by atoms with van der Waals surface area (Å²) in [6.07, 6.45) is 0. The molecule has 0 heterocycles. The third-order valence-electron chi connectivity index (χ3n) is 3.38. The van der Waals surface area contributed by atoms with E-state index in [0.29, 0.717) is 11.7 Å². The van der Waals surface area contributed by atoms with Gasteiger partial charge in [0, 0.05) is 9.26 Å². The fourth-order valence-electron chi connectivity index (χ4n) is 2.05. The number of hydrogen-bond acceptors (Lipinski definition) is 2. The highest BCUT2D eigenvalue weighted by Crippen LogP contribution is 2.19. The molecule has 1 N–H and O–H groups in total. The Morgan fingerprint density at radius 3 is 2.45 bits per heavy atom. The van der Waals surface area contributed by atoms with Gasteiger partial charge in [-0.25, -0.2) is 0 Å². The molecule has 0 aliphatic rings. The van der Waals surface area contributed by atoms with Crippen molar-refractivity contribution < 1.29 is 9.53 Å². The van der Waals surface area contributed by atoms with Crippen LogP contribution in [0.5, 0.6) is 5.75 Å². The largest absolute Gasteiger partial charge is 0.484 e. The Morgan fingerprint density at radius 1 is 1.18 bits per heavy atom. The van der Waals surface area contributed by atoms with E-state index in [1.54, 1.807) is 0 Å². The Labute approximate surface area is 145 Å². The number of carbonyl (C=O) groups excluding carboxylic acids is 1. The summed E-state index contributed by atoms with van der Waals surface area (Å²) in [7, 11) is 0. The third-order valence-corrected chi connectivity index (χ3v) is 4.05. The standard InChI is InChI=1S/C18H20INO2/c1-12(2)14-4-7-16(8-5-14)22-11-18(21)20-17-9-6-15(19)10-13(17)3/h4-10,12H,11H2,1-3H3,(H,20,21). The molecule has 0 fully saturated rings. The van der Waals surface area contributed by atoms with Crippen molar-refractivity contribution in [3.8, 4) is 5.75 Å². The van der Waals surface area contributed by atoms with E-state index >= 15 is 0 Å². The van der Waals surface area contributed by atoms with Crippen LogP contribution in [-0.2, 0) is 4.79 Å². The molecule has 4 heteroatoms. The molecule has 3 nitrogen and oxygen atoms in total. The van der Waals surface area contributed by atoms with Gasteiger partial charge in [-0.3, -0.25) is 4.79 Å². The minimum atomic E-state index is -0.155. The van der Waals surface area contributed by atoms with Crippen LogP contribution in [0.4, 0.5) is 5.69 Å². The van der Waals surface area contributed by atoms with Crippen molar-refractivity contribution in [1.82, 2.24) is 0 Å². The van der Waals surface area contributed by atoms with Crippen molar-refractivity contribution in [1.29, 1.82) is 0 Å². The van der Waals surface area contributed by atoms with E-state index in [9.17, 15) is 4.79 Å². The van der Waals surface area contributed by atoms with Gasteiger partial charge in [0.15, 0.2) is 6.61 Å². The van der Waals surface area contributed by atoms with Gasteiger partial charge in [-0.05, 0) is 76.9 Å². The molecule has 116 valence electrons. The van der Waals surface area contributed by atoms with E-state index in [1.807, 2.05) is 49.4 Å². The topological polar surface area (TPSA) is 38.3 Å². The third kappa shape index (κ3) is 4.73. The Morgan fingerprint density at radius 2 is 1.86 bits per heavy atom. The lowest BCUT2D eigenvalue weighted by Gasteiger charge is -2.11. The number of ether oxygens (including phenoxy) is 1. The lowest BCUT2D eigenvalue weighted by Crippen LogP contribution is -2.20. The van der Waals surface area contributed by atoms with Gasteiger partial charge >= 0.3 is 0 Å². The first-order valence-corrected chi connectivity index (χ1v) is 8.32. The predicted octanol–water partition coefficient (Wildman–Crippen LogP) is 4.74. The highest BCUT2D eigenvalue weighted by Gasteiger charge is 2.06.